The van der Waals surface area contributed by atoms with Crippen molar-refractivity contribution in [1.29, 1.82) is 0 Å². The predicted octanol–water partition coefficient (Wildman–Crippen LogP) is 0.0504. The van der Waals surface area contributed by atoms with Crippen molar-refractivity contribution in [1.82, 2.24) is 10.6 Å². The van der Waals surface area contributed by atoms with Crippen molar-refractivity contribution >= 4 is 17.9 Å². The largest absolute Gasteiger partial charge is 0.480 e. The van der Waals surface area contributed by atoms with E-state index in [-0.39, 0.29) is 12.8 Å². The molecular formula is C12H21N3O4. The lowest BCUT2D eigenvalue weighted by atomic mass is 10.1. The second-order valence-electron chi connectivity index (χ2n) is 5.06. The number of amides is 3. The molecular weight excluding hydrogens is 250 g/mol. The van der Waals surface area contributed by atoms with Gasteiger partial charge in [0.15, 0.2) is 0 Å². The van der Waals surface area contributed by atoms with Crippen LogP contribution in [0.5, 0.6) is 0 Å². The van der Waals surface area contributed by atoms with Crippen LogP contribution >= 0.6 is 0 Å². The van der Waals surface area contributed by atoms with Crippen LogP contribution in [-0.4, -0.2) is 35.6 Å². The number of rotatable bonds is 8. The molecule has 1 saturated carbocycles. The van der Waals surface area contributed by atoms with Gasteiger partial charge in [0.2, 0.25) is 5.91 Å². The molecule has 0 aromatic rings. The second kappa shape index (κ2) is 6.96. The second-order valence-corrected chi connectivity index (χ2v) is 5.06. The topological polar surface area (TPSA) is 122 Å². The summed E-state index contributed by atoms with van der Waals surface area (Å²) in [7, 11) is 0. The number of hydrogen-bond donors (Lipinski definition) is 4. The Morgan fingerprint density at radius 3 is 2.47 bits per heavy atom. The fourth-order valence-corrected chi connectivity index (χ4v) is 1.84. The molecule has 0 spiro atoms. The Morgan fingerprint density at radius 2 is 2.00 bits per heavy atom. The van der Waals surface area contributed by atoms with E-state index in [1.807, 2.05) is 0 Å². The highest BCUT2D eigenvalue weighted by Gasteiger charge is 2.28. The SMILES string of the molecule is CC(CNC(=O)NC(CCC(N)=O)C(=O)O)C1CC1. The number of nitrogens with one attached hydrogen (secondary N) is 2. The molecule has 7 heteroatoms. The number of carbonyl (C=O) groups excluding carboxylic acids is 2. The van der Waals surface area contributed by atoms with Crippen molar-refractivity contribution < 1.29 is 19.5 Å². The number of carboxylic acid groups (broad SMARTS) is 1. The van der Waals surface area contributed by atoms with Crippen LogP contribution < -0.4 is 16.4 Å². The lowest BCUT2D eigenvalue weighted by molar-refractivity contribution is -0.139. The van der Waals surface area contributed by atoms with Gasteiger partial charge in [0, 0.05) is 13.0 Å². The zero-order chi connectivity index (χ0) is 14.4. The first-order chi connectivity index (χ1) is 8.90. The third-order valence-corrected chi connectivity index (χ3v) is 3.29. The Morgan fingerprint density at radius 1 is 1.37 bits per heavy atom. The Bertz CT molecular complexity index is 355. The zero-order valence-corrected chi connectivity index (χ0v) is 11.0. The lowest BCUT2D eigenvalue weighted by Gasteiger charge is -2.16. The minimum atomic E-state index is -1.17. The number of carbonyl (C=O) groups is 3. The highest BCUT2D eigenvalue weighted by molar-refractivity contribution is 5.83. The third-order valence-electron chi connectivity index (χ3n) is 3.29. The first-order valence-electron chi connectivity index (χ1n) is 6.45. The third kappa shape index (κ3) is 6.08. The summed E-state index contributed by atoms with van der Waals surface area (Å²) in [6.45, 7) is 2.58. The van der Waals surface area contributed by atoms with Crippen LogP contribution in [0.2, 0.25) is 0 Å². The summed E-state index contributed by atoms with van der Waals surface area (Å²) >= 11 is 0. The molecule has 1 aliphatic carbocycles. The molecule has 5 N–H and O–H groups in total. The average molecular weight is 271 g/mol. The summed E-state index contributed by atoms with van der Waals surface area (Å²) in [4.78, 5) is 33.1. The molecule has 0 radical (unpaired) electrons. The van der Waals surface area contributed by atoms with Gasteiger partial charge in [0.1, 0.15) is 6.04 Å². The summed E-state index contributed by atoms with van der Waals surface area (Å²) in [5.41, 5.74) is 4.95. The minimum absolute atomic E-state index is 0.00371. The average Bonchev–Trinajstić information content (AvgIpc) is 3.14. The summed E-state index contributed by atoms with van der Waals surface area (Å²) in [6.07, 6.45) is 2.31. The molecule has 1 fully saturated rings. The summed E-state index contributed by atoms with van der Waals surface area (Å²) in [6, 6.07) is -1.62. The van der Waals surface area contributed by atoms with Gasteiger partial charge in [-0.05, 0) is 31.1 Å². The van der Waals surface area contributed by atoms with Crippen LogP contribution in [0.25, 0.3) is 0 Å². The van der Waals surface area contributed by atoms with Gasteiger partial charge in [-0.25, -0.2) is 9.59 Å². The Kier molecular flexibility index (Phi) is 5.59. The molecule has 0 aromatic heterocycles. The Balaban J connectivity index is 2.29. The summed E-state index contributed by atoms with van der Waals surface area (Å²) in [5.74, 6) is -0.687. The van der Waals surface area contributed by atoms with E-state index in [1.54, 1.807) is 0 Å². The Labute approximate surface area is 111 Å². The van der Waals surface area contributed by atoms with E-state index in [0.717, 1.165) is 0 Å². The van der Waals surface area contributed by atoms with Crippen molar-refractivity contribution in [3.63, 3.8) is 0 Å². The maximum Gasteiger partial charge on any atom is 0.326 e. The van der Waals surface area contributed by atoms with E-state index >= 15 is 0 Å². The number of aliphatic carboxylic acids is 1. The maximum absolute atomic E-state index is 11.5. The summed E-state index contributed by atoms with van der Waals surface area (Å²) < 4.78 is 0. The molecule has 2 unspecified atom stereocenters. The molecule has 1 aliphatic rings. The van der Waals surface area contributed by atoms with Gasteiger partial charge in [-0.1, -0.05) is 6.92 Å². The van der Waals surface area contributed by atoms with Crippen LogP contribution in [0.4, 0.5) is 4.79 Å². The van der Waals surface area contributed by atoms with Crippen LogP contribution in [0.15, 0.2) is 0 Å². The molecule has 0 saturated heterocycles. The first kappa shape index (κ1) is 15.3. The quantitative estimate of drug-likeness (QED) is 0.498. The fourth-order valence-electron chi connectivity index (χ4n) is 1.84. The molecule has 2 atom stereocenters. The lowest BCUT2D eigenvalue weighted by Crippen LogP contribution is -2.47. The van der Waals surface area contributed by atoms with Gasteiger partial charge < -0.3 is 21.5 Å². The van der Waals surface area contributed by atoms with E-state index in [0.29, 0.717) is 18.4 Å². The molecule has 108 valence electrons. The van der Waals surface area contributed by atoms with Crippen LogP contribution in [0, 0.1) is 11.8 Å². The van der Waals surface area contributed by atoms with Crippen LogP contribution in [0.3, 0.4) is 0 Å². The van der Waals surface area contributed by atoms with Crippen LogP contribution in [-0.2, 0) is 9.59 Å². The highest BCUT2D eigenvalue weighted by atomic mass is 16.4. The normalized spacial score (nSPS) is 17.3. The van der Waals surface area contributed by atoms with E-state index in [4.69, 9.17) is 10.8 Å². The van der Waals surface area contributed by atoms with Gasteiger partial charge in [-0.3, -0.25) is 4.79 Å². The number of urea groups is 1. The molecule has 1 rings (SSSR count). The molecule has 0 bridgehead atoms. The Hall–Kier alpha value is -1.79. The zero-order valence-electron chi connectivity index (χ0n) is 11.0. The van der Waals surface area contributed by atoms with Crippen LogP contribution in [0.1, 0.15) is 32.6 Å². The fraction of sp³-hybridized carbons (Fsp3) is 0.750. The van der Waals surface area contributed by atoms with Crippen molar-refractivity contribution in [3.8, 4) is 0 Å². The predicted molar refractivity (Wildman–Crippen MR) is 68.3 cm³/mol. The maximum atomic E-state index is 11.5. The monoisotopic (exact) mass is 271 g/mol. The molecule has 0 aliphatic heterocycles. The van der Waals surface area contributed by atoms with E-state index in [1.165, 1.54) is 12.8 Å². The number of primary amides is 1. The molecule has 7 nitrogen and oxygen atoms in total. The van der Waals surface area contributed by atoms with Crippen molar-refractivity contribution in [3.05, 3.63) is 0 Å². The number of carboxylic acids is 1. The van der Waals surface area contributed by atoms with Gasteiger partial charge in [0.25, 0.3) is 0 Å². The summed E-state index contributed by atoms with van der Waals surface area (Å²) in [5, 5.41) is 13.9. The number of hydrogen-bond acceptors (Lipinski definition) is 3. The minimum Gasteiger partial charge on any atom is -0.480 e. The molecule has 0 heterocycles. The van der Waals surface area contributed by atoms with Gasteiger partial charge in [0.05, 0.1) is 0 Å². The van der Waals surface area contributed by atoms with Gasteiger partial charge in [-0.15, -0.1) is 0 Å². The number of nitrogens with two attached hydrogens (primary N) is 1. The standard InChI is InChI=1S/C12H21N3O4/c1-7(8-2-3-8)6-14-12(19)15-9(11(17)18)4-5-10(13)16/h7-9H,2-6H2,1H3,(H2,13,16)(H,17,18)(H2,14,15,19). The molecule has 0 aromatic carbocycles. The highest BCUT2D eigenvalue weighted by Crippen LogP contribution is 2.35. The first-order valence-corrected chi connectivity index (χ1v) is 6.45. The van der Waals surface area contributed by atoms with Gasteiger partial charge in [-0.2, -0.15) is 0 Å². The molecule has 19 heavy (non-hydrogen) atoms. The van der Waals surface area contributed by atoms with Crippen molar-refractivity contribution in [2.45, 2.75) is 38.6 Å². The molecule has 3 amide bonds. The van der Waals surface area contributed by atoms with E-state index < -0.39 is 23.9 Å². The smallest absolute Gasteiger partial charge is 0.326 e. The van der Waals surface area contributed by atoms with E-state index in [2.05, 4.69) is 17.6 Å². The van der Waals surface area contributed by atoms with Crippen molar-refractivity contribution in [2.75, 3.05) is 6.54 Å². The van der Waals surface area contributed by atoms with Crippen molar-refractivity contribution in [2.24, 2.45) is 17.6 Å². The van der Waals surface area contributed by atoms with Gasteiger partial charge >= 0.3 is 12.0 Å². The van der Waals surface area contributed by atoms with E-state index in [9.17, 15) is 14.4 Å².